The molecule has 0 saturated carbocycles. The lowest BCUT2D eigenvalue weighted by atomic mass is 9.98. The van der Waals surface area contributed by atoms with Crippen molar-refractivity contribution in [3.05, 3.63) is 34.9 Å². The Labute approximate surface area is 148 Å². The van der Waals surface area contributed by atoms with E-state index in [1.807, 2.05) is 12.1 Å². The molecule has 1 aromatic carbocycles. The maximum Gasteiger partial charge on any atom is 0.228 e. The highest BCUT2D eigenvalue weighted by molar-refractivity contribution is 5.85. The van der Waals surface area contributed by atoms with E-state index < -0.39 is 0 Å². The quantitative estimate of drug-likeness (QED) is 0.648. The third-order valence-corrected chi connectivity index (χ3v) is 5.50. The number of fused-ring (bicyclic) bond motifs is 1. The second kappa shape index (κ2) is 7.01. The second-order valence-electron chi connectivity index (χ2n) is 7.11. The molecule has 0 aromatic heterocycles. The first-order valence-electron chi connectivity index (χ1n) is 9.22. The van der Waals surface area contributed by atoms with E-state index >= 15 is 0 Å². The van der Waals surface area contributed by atoms with Crippen molar-refractivity contribution >= 4 is 5.91 Å². The Hall–Kier alpha value is -1.51. The Morgan fingerprint density at radius 2 is 2.28 bits per heavy atom. The van der Waals surface area contributed by atoms with Gasteiger partial charge in [-0.2, -0.15) is 5.48 Å². The molecule has 7 nitrogen and oxygen atoms in total. The zero-order valence-electron chi connectivity index (χ0n) is 14.8. The van der Waals surface area contributed by atoms with Gasteiger partial charge in [0, 0.05) is 13.6 Å². The molecule has 7 heteroatoms. The minimum atomic E-state index is -0.0396. The molecule has 136 valence electrons. The average Bonchev–Trinajstić information content (AvgIpc) is 3.34. The Balaban J connectivity index is 1.45. The summed E-state index contributed by atoms with van der Waals surface area (Å²) in [5.74, 6) is 0.0979. The SMILES string of the molecule is CCC1NC(c2ccc3c(c2)CCC3C(=O)NC2CCNN2C)NO1. The van der Waals surface area contributed by atoms with Crippen LogP contribution in [0.3, 0.4) is 0 Å². The summed E-state index contributed by atoms with van der Waals surface area (Å²) in [5, 5.41) is 8.57. The monoisotopic (exact) mass is 345 g/mol. The maximum atomic E-state index is 12.7. The number of hydrazine groups is 1. The highest BCUT2D eigenvalue weighted by Crippen LogP contribution is 2.35. The van der Waals surface area contributed by atoms with Crippen LogP contribution in [0.15, 0.2) is 18.2 Å². The molecule has 2 heterocycles. The number of nitrogens with one attached hydrogen (secondary N) is 4. The average molecular weight is 345 g/mol. The summed E-state index contributed by atoms with van der Waals surface area (Å²) in [6, 6.07) is 6.42. The van der Waals surface area contributed by atoms with Gasteiger partial charge >= 0.3 is 0 Å². The predicted octanol–water partition coefficient (Wildman–Crippen LogP) is 0.858. The molecule has 4 atom stereocenters. The van der Waals surface area contributed by atoms with E-state index in [0.29, 0.717) is 0 Å². The van der Waals surface area contributed by atoms with Gasteiger partial charge in [-0.1, -0.05) is 25.1 Å². The van der Waals surface area contributed by atoms with Crippen LogP contribution in [0, 0.1) is 0 Å². The van der Waals surface area contributed by atoms with Gasteiger partial charge in [-0.25, -0.2) is 5.01 Å². The molecule has 2 aliphatic heterocycles. The van der Waals surface area contributed by atoms with Crippen LogP contribution in [-0.2, 0) is 16.1 Å². The summed E-state index contributed by atoms with van der Waals surface area (Å²) in [7, 11) is 1.97. The normalized spacial score (nSPS) is 32.1. The lowest BCUT2D eigenvalue weighted by molar-refractivity contribution is -0.124. The number of rotatable bonds is 4. The first kappa shape index (κ1) is 16.9. The van der Waals surface area contributed by atoms with Crippen LogP contribution in [0.4, 0.5) is 0 Å². The number of nitrogens with zero attached hydrogens (tertiary/aromatic N) is 1. The van der Waals surface area contributed by atoms with Gasteiger partial charge in [0.2, 0.25) is 5.91 Å². The number of carbonyl (C=O) groups is 1. The van der Waals surface area contributed by atoms with Crippen molar-refractivity contribution in [2.75, 3.05) is 13.6 Å². The zero-order chi connectivity index (χ0) is 17.4. The number of hydrogen-bond donors (Lipinski definition) is 4. The standard InChI is InChI=1S/C18H27N5O2/c1-3-16-21-17(22-25-16)12-5-6-13-11(10-12)4-7-14(13)18(24)20-15-8-9-19-23(15)2/h5-6,10,14-17,19,21-22H,3-4,7-9H2,1-2H3,(H,20,24). The minimum absolute atomic E-state index is 0.0151. The Kier molecular flexibility index (Phi) is 4.75. The van der Waals surface area contributed by atoms with E-state index in [9.17, 15) is 4.79 Å². The molecule has 0 radical (unpaired) electrons. The van der Waals surface area contributed by atoms with Crippen molar-refractivity contribution in [3.63, 3.8) is 0 Å². The van der Waals surface area contributed by atoms with E-state index in [0.717, 1.165) is 37.8 Å². The van der Waals surface area contributed by atoms with Crippen LogP contribution in [0.5, 0.6) is 0 Å². The summed E-state index contributed by atoms with van der Waals surface area (Å²) in [6.07, 6.45) is 3.85. The number of benzene rings is 1. The number of amides is 1. The van der Waals surface area contributed by atoms with E-state index in [-0.39, 0.29) is 30.4 Å². The Morgan fingerprint density at radius 1 is 1.40 bits per heavy atom. The summed E-state index contributed by atoms with van der Waals surface area (Å²) in [6.45, 7) is 3.00. The topological polar surface area (TPSA) is 77.7 Å². The predicted molar refractivity (Wildman–Crippen MR) is 94.0 cm³/mol. The number of hydrogen-bond acceptors (Lipinski definition) is 6. The van der Waals surface area contributed by atoms with Gasteiger partial charge in [-0.3, -0.25) is 20.4 Å². The first-order chi connectivity index (χ1) is 12.2. The fourth-order valence-corrected chi connectivity index (χ4v) is 3.97. The molecule has 1 aliphatic carbocycles. The molecule has 2 fully saturated rings. The van der Waals surface area contributed by atoms with Crippen LogP contribution in [0.2, 0.25) is 0 Å². The van der Waals surface area contributed by atoms with Crippen molar-refractivity contribution in [1.29, 1.82) is 0 Å². The molecule has 4 N–H and O–H groups in total. The molecule has 0 bridgehead atoms. The molecule has 2 saturated heterocycles. The van der Waals surface area contributed by atoms with Gasteiger partial charge in [-0.15, -0.1) is 0 Å². The molecular weight excluding hydrogens is 318 g/mol. The smallest absolute Gasteiger partial charge is 0.228 e. The van der Waals surface area contributed by atoms with Gasteiger partial charge in [0.15, 0.2) is 0 Å². The number of hydroxylamine groups is 1. The third-order valence-electron chi connectivity index (χ3n) is 5.50. The molecular formula is C18H27N5O2. The minimum Gasteiger partial charge on any atom is -0.339 e. The second-order valence-corrected chi connectivity index (χ2v) is 7.11. The van der Waals surface area contributed by atoms with E-state index in [1.165, 1.54) is 11.1 Å². The van der Waals surface area contributed by atoms with Crippen LogP contribution in [0.25, 0.3) is 0 Å². The van der Waals surface area contributed by atoms with Crippen LogP contribution >= 0.6 is 0 Å². The van der Waals surface area contributed by atoms with Gasteiger partial charge in [-0.05, 0) is 42.4 Å². The van der Waals surface area contributed by atoms with E-state index in [2.05, 4.69) is 46.7 Å². The fourth-order valence-electron chi connectivity index (χ4n) is 3.97. The lowest BCUT2D eigenvalue weighted by Crippen LogP contribution is -2.46. The lowest BCUT2D eigenvalue weighted by Gasteiger charge is -2.22. The highest BCUT2D eigenvalue weighted by Gasteiger charge is 2.33. The van der Waals surface area contributed by atoms with Gasteiger partial charge in [0.05, 0.1) is 12.1 Å². The van der Waals surface area contributed by atoms with Crippen molar-refractivity contribution in [2.45, 2.75) is 57.1 Å². The van der Waals surface area contributed by atoms with Crippen LogP contribution < -0.4 is 21.5 Å². The van der Waals surface area contributed by atoms with Crippen molar-refractivity contribution in [2.24, 2.45) is 0 Å². The molecule has 1 amide bonds. The van der Waals surface area contributed by atoms with Crippen LogP contribution in [-0.4, -0.2) is 36.9 Å². The third kappa shape index (κ3) is 3.30. The molecule has 4 rings (SSSR count). The fraction of sp³-hybridized carbons (Fsp3) is 0.611. The summed E-state index contributed by atoms with van der Waals surface area (Å²) < 4.78 is 0. The molecule has 1 aromatic rings. The zero-order valence-corrected chi connectivity index (χ0v) is 14.8. The van der Waals surface area contributed by atoms with Crippen molar-refractivity contribution in [1.82, 2.24) is 26.5 Å². The largest absolute Gasteiger partial charge is 0.339 e. The number of aryl methyl sites for hydroxylation is 1. The van der Waals surface area contributed by atoms with Gasteiger partial charge in [0.1, 0.15) is 12.4 Å². The summed E-state index contributed by atoms with van der Waals surface area (Å²) in [5.41, 5.74) is 9.88. The Bertz CT molecular complexity index is 652. The van der Waals surface area contributed by atoms with Gasteiger partial charge in [0.25, 0.3) is 0 Å². The van der Waals surface area contributed by atoms with Crippen molar-refractivity contribution in [3.8, 4) is 0 Å². The van der Waals surface area contributed by atoms with Gasteiger partial charge < -0.3 is 5.32 Å². The van der Waals surface area contributed by atoms with E-state index in [1.54, 1.807) is 0 Å². The van der Waals surface area contributed by atoms with Crippen LogP contribution in [0.1, 0.15) is 55.0 Å². The van der Waals surface area contributed by atoms with Crippen molar-refractivity contribution < 1.29 is 9.63 Å². The maximum absolute atomic E-state index is 12.7. The molecule has 25 heavy (non-hydrogen) atoms. The molecule has 0 spiro atoms. The number of carbonyl (C=O) groups excluding carboxylic acids is 1. The van der Waals surface area contributed by atoms with E-state index in [4.69, 9.17) is 4.84 Å². The highest BCUT2D eigenvalue weighted by atomic mass is 16.7. The molecule has 4 unspecified atom stereocenters. The summed E-state index contributed by atoms with van der Waals surface area (Å²) >= 11 is 0. The molecule has 3 aliphatic rings. The summed E-state index contributed by atoms with van der Waals surface area (Å²) in [4.78, 5) is 18.2. The first-order valence-corrected chi connectivity index (χ1v) is 9.22. The Morgan fingerprint density at radius 3 is 3.00 bits per heavy atom.